The SMILES string of the molecule is Cc1ccc(Sc2nccnc2C(N)=NO)c(C)c1. The molecular formula is C13H14N4OS. The molecule has 0 bridgehead atoms. The highest BCUT2D eigenvalue weighted by atomic mass is 32.2. The van der Waals surface area contributed by atoms with E-state index in [2.05, 4.69) is 21.2 Å². The summed E-state index contributed by atoms with van der Waals surface area (Å²) < 4.78 is 0. The summed E-state index contributed by atoms with van der Waals surface area (Å²) in [5.41, 5.74) is 8.34. The molecule has 0 aliphatic rings. The first-order chi connectivity index (χ1) is 9.11. The van der Waals surface area contributed by atoms with E-state index in [1.54, 1.807) is 6.20 Å². The first-order valence-corrected chi connectivity index (χ1v) is 6.47. The van der Waals surface area contributed by atoms with Crippen molar-refractivity contribution in [3.63, 3.8) is 0 Å². The van der Waals surface area contributed by atoms with E-state index in [-0.39, 0.29) is 5.84 Å². The molecule has 98 valence electrons. The largest absolute Gasteiger partial charge is 0.409 e. The molecule has 2 aromatic rings. The first kappa shape index (κ1) is 13.4. The molecule has 0 atom stereocenters. The molecule has 2 rings (SSSR count). The van der Waals surface area contributed by atoms with Gasteiger partial charge in [-0.1, -0.05) is 34.6 Å². The van der Waals surface area contributed by atoms with E-state index in [1.165, 1.54) is 23.5 Å². The molecule has 0 fully saturated rings. The Kier molecular flexibility index (Phi) is 4.01. The molecule has 0 spiro atoms. The van der Waals surface area contributed by atoms with Crippen molar-refractivity contribution in [1.29, 1.82) is 0 Å². The zero-order chi connectivity index (χ0) is 13.8. The summed E-state index contributed by atoms with van der Waals surface area (Å²) in [5.74, 6) is -0.0413. The summed E-state index contributed by atoms with van der Waals surface area (Å²) in [7, 11) is 0. The van der Waals surface area contributed by atoms with Gasteiger partial charge in [-0.2, -0.15) is 0 Å². The minimum absolute atomic E-state index is 0.0413. The molecule has 0 amide bonds. The number of nitrogens with two attached hydrogens (primary N) is 1. The Morgan fingerprint density at radius 1 is 1.26 bits per heavy atom. The summed E-state index contributed by atoms with van der Waals surface area (Å²) in [5, 5.41) is 12.3. The Balaban J connectivity index is 2.38. The van der Waals surface area contributed by atoms with Crippen molar-refractivity contribution >= 4 is 17.6 Å². The van der Waals surface area contributed by atoms with Gasteiger partial charge in [-0.25, -0.2) is 9.97 Å². The molecule has 0 unspecified atom stereocenters. The minimum atomic E-state index is -0.0413. The van der Waals surface area contributed by atoms with Crippen LogP contribution in [0.1, 0.15) is 16.8 Å². The molecular weight excluding hydrogens is 260 g/mol. The van der Waals surface area contributed by atoms with Crippen molar-refractivity contribution < 1.29 is 5.21 Å². The molecule has 6 heteroatoms. The predicted octanol–water partition coefficient (Wildman–Crippen LogP) is 2.34. The first-order valence-electron chi connectivity index (χ1n) is 5.66. The van der Waals surface area contributed by atoms with Gasteiger partial charge in [-0.05, 0) is 25.5 Å². The number of benzene rings is 1. The van der Waals surface area contributed by atoms with Gasteiger partial charge in [0.05, 0.1) is 0 Å². The Morgan fingerprint density at radius 3 is 2.68 bits per heavy atom. The van der Waals surface area contributed by atoms with E-state index in [1.807, 2.05) is 26.0 Å². The average Bonchev–Trinajstić information content (AvgIpc) is 2.41. The molecule has 1 aromatic carbocycles. The lowest BCUT2D eigenvalue weighted by atomic mass is 10.2. The molecule has 3 N–H and O–H groups in total. The van der Waals surface area contributed by atoms with Gasteiger partial charge in [-0.3, -0.25) is 0 Å². The van der Waals surface area contributed by atoms with Crippen molar-refractivity contribution in [3.8, 4) is 0 Å². The van der Waals surface area contributed by atoms with Crippen LogP contribution in [0, 0.1) is 13.8 Å². The van der Waals surface area contributed by atoms with E-state index in [9.17, 15) is 0 Å². The minimum Gasteiger partial charge on any atom is -0.409 e. The van der Waals surface area contributed by atoms with Crippen molar-refractivity contribution in [2.75, 3.05) is 0 Å². The van der Waals surface area contributed by atoms with Crippen molar-refractivity contribution in [3.05, 3.63) is 47.4 Å². The number of hydrogen-bond acceptors (Lipinski definition) is 5. The highest BCUT2D eigenvalue weighted by Crippen LogP contribution is 2.30. The summed E-state index contributed by atoms with van der Waals surface area (Å²) in [6, 6.07) is 6.16. The second kappa shape index (κ2) is 5.71. The van der Waals surface area contributed by atoms with Gasteiger partial charge < -0.3 is 10.9 Å². The van der Waals surface area contributed by atoms with E-state index in [0.29, 0.717) is 10.7 Å². The maximum atomic E-state index is 8.76. The standard InChI is InChI=1S/C13H14N4OS/c1-8-3-4-10(9(2)7-8)19-13-11(12(14)17-18)15-5-6-16-13/h3-7,18H,1-2H3,(H2,14,17). The van der Waals surface area contributed by atoms with Crippen LogP contribution in [0.3, 0.4) is 0 Å². The van der Waals surface area contributed by atoms with Gasteiger partial charge in [0.15, 0.2) is 5.84 Å². The van der Waals surface area contributed by atoms with Crippen LogP contribution in [0.4, 0.5) is 0 Å². The molecule has 5 nitrogen and oxygen atoms in total. The van der Waals surface area contributed by atoms with Gasteiger partial charge in [0.2, 0.25) is 0 Å². The normalized spacial score (nSPS) is 11.6. The maximum absolute atomic E-state index is 8.76. The third kappa shape index (κ3) is 3.03. The lowest BCUT2D eigenvalue weighted by molar-refractivity contribution is 0.318. The molecule has 1 heterocycles. The number of aryl methyl sites for hydroxylation is 2. The summed E-state index contributed by atoms with van der Waals surface area (Å²) >= 11 is 1.45. The summed E-state index contributed by atoms with van der Waals surface area (Å²) in [6.07, 6.45) is 3.10. The summed E-state index contributed by atoms with van der Waals surface area (Å²) in [6.45, 7) is 4.08. The number of amidine groups is 1. The number of hydrogen-bond donors (Lipinski definition) is 2. The molecule has 1 aromatic heterocycles. The zero-order valence-electron chi connectivity index (χ0n) is 10.7. The Labute approximate surface area is 115 Å². The smallest absolute Gasteiger partial charge is 0.191 e. The lowest BCUT2D eigenvalue weighted by Crippen LogP contribution is -2.16. The van der Waals surface area contributed by atoms with Crippen LogP contribution in [-0.4, -0.2) is 21.0 Å². The van der Waals surface area contributed by atoms with E-state index >= 15 is 0 Å². The van der Waals surface area contributed by atoms with Crippen LogP contribution in [0.25, 0.3) is 0 Å². The van der Waals surface area contributed by atoms with Crippen LogP contribution in [0.2, 0.25) is 0 Å². The van der Waals surface area contributed by atoms with Crippen LogP contribution in [0.5, 0.6) is 0 Å². The molecule has 19 heavy (non-hydrogen) atoms. The van der Waals surface area contributed by atoms with Crippen LogP contribution in [0.15, 0.2) is 45.7 Å². The molecule has 0 aliphatic heterocycles. The Hall–Kier alpha value is -2.08. The third-order valence-electron chi connectivity index (χ3n) is 2.55. The van der Waals surface area contributed by atoms with Crippen LogP contribution < -0.4 is 5.73 Å². The van der Waals surface area contributed by atoms with Gasteiger partial charge in [-0.15, -0.1) is 0 Å². The van der Waals surface area contributed by atoms with Crippen molar-refractivity contribution in [1.82, 2.24) is 9.97 Å². The molecule has 0 radical (unpaired) electrons. The maximum Gasteiger partial charge on any atom is 0.191 e. The fourth-order valence-corrected chi connectivity index (χ4v) is 2.57. The average molecular weight is 274 g/mol. The fourth-order valence-electron chi connectivity index (χ4n) is 1.64. The Bertz CT molecular complexity index is 628. The monoisotopic (exact) mass is 274 g/mol. The molecule has 0 saturated carbocycles. The van der Waals surface area contributed by atoms with Gasteiger partial charge >= 0.3 is 0 Å². The van der Waals surface area contributed by atoms with Crippen LogP contribution >= 0.6 is 11.8 Å². The van der Waals surface area contributed by atoms with Crippen LogP contribution in [-0.2, 0) is 0 Å². The van der Waals surface area contributed by atoms with Gasteiger partial charge in [0, 0.05) is 17.3 Å². The van der Waals surface area contributed by atoms with Crippen molar-refractivity contribution in [2.24, 2.45) is 10.9 Å². The van der Waals surface area contributed by atoms with Gasteiger partial charge in [0.25, 0.3) is 0 Å². The number of oxime groups is 1. The van der Waals surface area contributed by atoms with Gasteiger partial charge in [0.1, 0.15) is 10.7 Å². The zero-order valence-corrected chi connectivity index (χ0v) is 11.5. The number of nitrogens with zero attached hydrogens (tertiary/aromatic N) is 3. The number of rotatable bonds is 3. The topological polar surface area (TPSA) is 84.4 Å². The molecule has 0 aliphatic carbocycles. The quantitative estimate of drug-likeness (QED) is 0.388. The fraction of sp³-hybridized carbons (Fsp3) is 0.154. The summed E-state index contributed by atoms with van der Waals surface area (Å²) in [4.78, 5) is 9.40. The second-order valence-electron chi connectivity index (χ2n) is 4.07. The number of aromatic nitrogens is 2. The van der Waals surface area contributed by atoms with E-state index < -0.39 is 0 Å². The lowest BCUT2D eigenvalue weighted by Gasteiger charge is -2.08. The highest BCUT2D eigenvalue weighted by Gasteiger charge is 2.12. The third-order valence-corrected chi connectivity index (χ3v) is 3.72. The second-order valence-corrected chi connectivity index (χ2v) is 5.10. The van der Waals surface area contributed by atoms with E-state index in [0.717, 1.165) is 10.5 Å². The van der Waals surface area contributed by atoms with E-state index in [4.69, 9.17) is 10.9 Å². The highest BCUT2D eigenvalue weighted by molar-refractivity contribution is 7.99. The van der Waals surface area contributed by atoms with Crippen molar-refractivity contribution in [2.45, 2.75) is 23.8 Å². The Morgan fingerprint density at radius 2 is 2.00 bits per heavy atom. The molecule has 0 saturated heterocycles. The predicted molar refractivity (Wildman–Crippen MR) is 74.6 cm³/mol.